The van der Waals surface area contributed by atoms with Gasteiger partial charge < -0.3 is 19.5 Å². The van der Waals surface area contributed by atoms with E-state index in [0.717, 1.165) is 32.6 Å². The quantitative estimate of drug-likeness (QED) is 0.426. The molecule has 0 rings (SSSR count). The Bertz CT molecular complexity index is 225. The molecule has 0 fully saturated rings. The monoisotopic (exact) mass is 332 g/mol. The normalized spacial score (nSPS) is 14.5. The van der Waals surface area contributed by atoms with Crippen LogP contribution in [0.4, 0.5) is 0 Å². The summed E-state index contributed by atoms with van der Waals surface area (Å²) in [4.78, 5) is 0. The highest BCUT2D eigenvalue weighted by Gasteiger charge is 2.26. The van der Waals surface area contributed by atoms with Gasteiger partial charge in [0.25, 0.3) is 0 Å². The fourth-order valence-electron chi connectivity index (χ4n) is 2.74. The van der Waals surface area contributed by atoms with Crippen LogP contribution >= 0.6 is 0 Å². The van der Waals surface area contributed by atoms with Crippen LogP contribution in [-0.2, 0) is 8.85 Å². The van der Waals surface area contributed by atoms with Gasteiger partial charge in [0.05, 0.1) is 0 Å². The lowest BCUT2D eigenvalue weighted by atomic mass is 10.0. The van der Waals surface area contributed by atoms with Crippen molar-refractivity contribution >= 4 is 9.28 Å². The zero-order valence-corrected chi connectivity index (χ0v) is 16.8. The first-order valence-corrected chi connectivity index (χ1v) is 10.9. The van der Waals surface area contributed by atoms with Crippen molar-refractivity contribution in [2.45, 2.75) is 77.3 Å². The summed E-state index contributed by atoms with van der Waals surface area (Å²) in [5.74, 6) is 0. The Kier molecular flexibility index (Phi) is 16.0. The van der Waals surface area contributed by atoms with E-state index in [1.54, 1.807) is 0 Å². The van der Waals surface area contributed by atoms with Gasteiger partial charge in [0, 0.05) is 19.3 Å². The summed E-state index contributed by atoms with van der Waals surface area (Å²) in [7, 11) is 2.55. The molecule has 22 heavy (non-hydrogen) atoms. The summed E-state index contributed by atoms with van der Waals surface area (Å²) >= 11 is 0. The van der Waals surface area contributed by atoms with Gasteiger partial charge in [0.2, 0.25) is 0 Å². The molecule has 0 aromatic heterocycles. The van der Waals surface area contributed by atoms with Crippen LogP contribution in [0.15, 0.2) is 0 Å². The molecule has 2 N–H and O–H groups in total. The van der Waals surface area contributed by atoms with E-state index in [1.165, 1.54) is 32.1 Å². The first-order valence-electron chi connectivity index (χ1n) is 9.28. The maximum atomic E-state index is 6.14. The Labute approximate surface area is 140 Å². The van der Waals surface area contributed by atoms with Crippen molar-refractivity contribution < 1.29 is 8.85 Å². The largest absolute Gasteiger partial charge is 0.396 e. The predicted octanol–water partition coefficient (Wildman–Crippen LogP) is 3.21. The lowest BCUT2D eigenvalue weighted by Gasteiger charge is -2.27. The molecule has 0 aliphatic carbocycles. The first-order chi connectivity index (χ1) is 10.7. The summed E-state index contributed by atoms with van der Waals surface area (Å²) < 4.78 is 12.3. The molecule has 4 nitrogen and oxygen atoms in total. The number of hydrogen-bond donors (Lipinski definition) is 2. The van der Waals surface area contributed by atoms with Crippen LogP contribution in [0.2, 0.25) is 5.54 Å². The standard InChI is InChI=1S/C17H40N2O2Si/c1-6-9-17(11-10-16(19-5)12-13-18-4)22(20-14-7-2)21-15-8-3/h16-19,22H,6-15H2,1-5H3. The van der Waals surface area contributed by atoms with E-state index in [0.29, 0.717) is 11.6 Å². The lowest BCUT2D eigenvalue weighted by Crippen LogP contribution is -2.33. The summed E-state index contributed by atoms with van der Waals surface area (Å²) in [5.41, 5.74) is 0.647. The van der Waals surface area contributed by atoms with Gasteiger partial charge >= 0.3 is 9.28 Å². The molecule has 0 heterocycles. The van der Waals surface area contributed by atoms with Gasteiger partial charge in [0.15, 0.2) is 0 Å². The summed E-state index contributed by atoms with van der Waals surface area (Å²) in [6, 6.07) is 0.596. The van der Waals surface area contributed by atoms with Crippen LogP contribution in [0, 0.1) is 0 Å². The summed E-state index contributed by atoms with van der Waals surface area (Å²) in [5, 5.41) is 6.70. The second-order valence-corrected chi connectivity index (χ2v) is 8.46. The Morgan fingerprint density at radius 3 is 1.91 bits per heavy atom. The van der Waals surface area contributed by atoms with Gasteiger partial charge in [-0.3, -0.25) is 0 Å². The van der Waals surface area contributed by atoms with E-state index >= 15 is 0 Å². The van der Waals surface area contributed by atoms with E-state index in [9.17, 15) is 0 Å². The van der Waals surface area contributed by atoms with Gasteiger partial charge in [0.1, 0.15) is 0 Å². The first kappa shape index (κ1) is 22.1. The average molecular weight is 333 g/mol. The molecular formula is C17H40N2O2Si. The van der Waals surface area contributed by atoms with Crippen molar-refractivity contribution in [3.63, 3.8) is 0 Å². The van der Waals surface area contributed by atoms with Gasteiger partial charge in [-0.1, -0.05) is 27.2 Å². The molecule has 0 aromatic carbocycles. The fourth-order valence-corrected chi connectivity index (χ4v) is 5.39. The van der Waals surface area contributed by atoms with Gasteiger partial charge in [-0.2, -0.15) is 0 Å². The zero-order valence-electron chi connectivity index (χ0n) is 15.6. The van der Waals surface area contributed by atoms with Crippen LogP contribution in [0.1, 0.15) is 65.7 Å². The third-order valence-corrected chi connectivity index (χ3v) is 6.62. The molecule has 134 valence electrons. The van der Waals surface area contributed by atoms with Crippen molar-refractivity contribution in [2.24, 2.45) is 0 Å². The second-order valence-electron chi connectivity index (χ2n) is 6.11. The van der Waals surface area contributed by atoms with Crippen molar-refractivity contribution in [2.75, 3.05) is 33.9 Å². The molecule has 5 heteroatoms. The number of rotatable bonds is 16. The van der Waals surface area contributed by atoms with E-state index in [4.69, 9.17) is 8.85 Å². The van der Waals surface area contributed by atoms with Crippen LogP contribution in [0.5, 0.6) is 0 Å². The zero-order chi connectivity index (χ0) is 16.6. The molecule has 0 amide bonds. The second kappa shape index (κ2) is 15.9. The highest BCUT2D eigenvalue weighted by Crippen LogP contribution is 2.26. The molecule has 0 aliphatic heterocycles. The van der Waals surface area contributed by atoms with Crippen LogP contribution in [0.25, 0.3) is 0 Å². The minimum atomic E-state index is -1.54. The van der Waals surface area contributed by atoms with Crippen molar-refractivity contribution in [3.05, 3.63) is 0 Å². The third kappa shape index (κ3) is 10.7. The van der Waals surface area contributed by atoms with E-state index in [2.05, 4.69) is 38.5 Å². The Balaban J connectivity index is 4.46. The summed E-state index contributed by atoms with van der Waals surface area (Å²) in [6.45, 7) is 9.41. The topological polar surface area (TPSA) is 42.5 Å². The van der Waals surface area contributed by atoms with Crippen molar-refractivity contribution in [3.8, 4) is 0 Å². The van der Waals surface area contributed by atoms with Crippen LogP contribution in [0.3, 0.4) is 0 Å². The highest BCUT2D eigenvalue weighted by molar-refractivity contribution is 6.46. The molecule has 0 aromatic rings. The third-order valence-electron chi connectivity index (χ3n) is 4.05. The maximum absolute atomic E-state index is 6.14. The molecule has 0 aliphatic rings. The Hall–Kier alpha value is 0.0569. The minimum absolute atomic E-state index is 0.596. The van der Waals surface area contributed by atoms with Crippen LogP contribution in [-0.4, -0.2) is 49.2 Å². The van der Waals surface area contributed by atoms with E-state index in [1.807, 2.05) is 7.05 Å². The van der Waals surface area contributed by atoms with Crippen molar-refractivity contribution in [1.82, 2.24) is 10.6 Å². The highest BCUT2D eigenvalue weighted by atomic mass is 28.3. The Morgan fingerprint density at radius 2 is 1.45 bits per heavy atom. The smallest absolute Gasteiger partial charge is 0.324 e. The molecule has 0 saturated heterocycles. The lowest BCUT2D eigenvalue weighted by molar-refractivity contribution is 0.183. The van der Waals surface area contributed by atoms with Gasteiger partial charge in [-0.15, -0.1) is 0 Å². The Morgan fingerprint density at radius 1 is 0.818 bits per heavy atom. The SMILES string of the molecule is CCCO[SiH](OCCC)C(CCC)CCC(CCNC)NC. The summed E-state index contributed by atoms with van der Waals surface area (Å²) in [6.07, 6.45) is 8.26. The van der Waals surface area contributed by atoms with Gasteiger partial charge in [-0.05, 0) is 64.7 Å². The molecule has 0 spiro atoms. The fraction of sp³-hybridized carbons (Fsp3) is 1.00. The molecule has 2 atom stereocenters. The van der Waals surface area contributed by atoms with E-state index in [-0.39, 0.29) is 0 Å². The molecule has 2 unspecified atom stereocenters. The molecule has 0 saturated carbocycles. The van der Waals surface area contributed by atoms with Crippen molar-refractivity contribution in [1.29, 1.82) is 0 Å². The minimum Gasteiger partial charge on any atom is -0.396 e. The molecular weight excluding hydrogens is 292 g/mol. The maximum Gasteiger partial charge on any atom is 0.324 e. The van der Waals surface area contributed by atoms with Gasteiger partial charge in [-0.25, -0.2) is 0 Å². The van der Waals surface area contributed by atoms with Crippen LogP contribution < -0.4 is 10.6 Å². The predicted molar refractivity (Wildman–Crippen MR) is 98.9 cm³/mol. The average Bonchev–Trinajstić information content (AvgIpc) is 2.54. The molecule has 0 radical (unpaired) electrons. The van der Waals surface area contributed by atoms with E-state index < -0.39 is 9.28 Å². The number of hydrogen-bond acceptors (Lipinski definition) is 4. The molecule has 0 bridgehead atoms. The number of nitrogens with one attached hydrogen (secondary N) is 2.